The van der Waals surface area contributed by atoms with Gasteiger partial charge in [0, 0.05) is 17.3 Å². The molecule has 3 nitrogen and oxygen atoms in total. The van der Waals surface area contributed by atoms with Crippen molar-refractivity contribution in [3.63, 3.8) is 0 Å². The Morgan fingerprint density at radius 1 is 1.24 bits per heavy atom. The van der Waals surface area contributed by atoms with E-state index in [0.717, 1.165) is 5.75 Å². The van der Waals surface area contributed by atoms with Crippen molar-refractivity contribution in [2.75, 3.05) is 25.6 Å². The normalized spacial score (nSPS) is 10.2. The minimum absolute atomic E-state index is 0.159. The van der Waals surface area contributed by atoms with Crippen LogP contribution < -0.4 is 0 Å². The highest BCUT2D eigenvalue weighted by Crippen LogP contribution is 2.17. The van der Waals surface area contributed by atoms with Crippen LogP contribution in [0, 0.1) is 0 Å². The van der Waals surface area contributed by atoms with Gasteiger partial charge in [-0.05, 0) is 19.1 Å². The van der Waals surface area contributed by atoms with E-state index in [1.54, 1.807) is 11.8 Å². The molecular formula is C13H18O3S. The zero-order valence-corrected chi connectivity index (χ0v) is 10.9. The zero-order valence-electron chi connectivity index (χ0n) is 10.1. The van der Waals surface area contributed by atoms with Crippen molar-refractivity contribution in [2.24, 2.45) is 0 Å². The van der Waals surface area contributed by atoms with Gasteiger partial charge in [-0.15, -0.1) is 11.8 Å². The third kappa shape index (κ3) is 7.02. The van der Waals surface area contributed by atoms with Crippen LogP contribution in [0.3, 0.4) is 0 Å². The fraction of sp³-hybridized carbons (Fsp3) is 0.462. The van der Waals surface area contributed by atoms with E-state index in [0.29, 0.717) is 26.2 Å². The lowest BCUT2D eigenvalue weighted by Crippen LogP contribution is -2.11. The van der Waals surface area contributed by atoms with Crippen LogP contribution in [-0.4, -0.2) is 31.5 Å². The van der Waals surface area contributed by atoms with E-state index in [4.69, 9.17) is 9.47 Å². The van der Waals surface area contributed by atoms with Gasteiger partial charge in [0.1, 0.15) is 6.61 Å². The molecule has 0 radical (unpaired) electrons. The third-order valence-corrected chi connectivity index (χ3v) is 3.03. The van der Waals surface area contributed by atoms with Crippen LogP contribution in [0.1, 0.15) is 13.3 Å². The molecule has 0 aromatic heterocycles. The minimum atomic E-state index is -0.159. The number of hydrogen-bond acceptors (Lipinski definition) is 4. The minimum Gasteiger partial charge on any atom is -0.463 e. The first kappa shape index (κ1) is 14.1. The maximum absolute atomic E-state index is 11.3. The largest absolute Gasteiger partial charge is 0.463 e. The predicted molar refractivity (Wildman–Crippen MR) is 69.2 cm³/mol. The van der Waals surface area contributed by atoms with Gasteiger partial charge in [-0.2, -0.15) is 0 Å². The first-order valence-corrected chi connectivity index (χ1v) is 6.72. The van der Waals surface area contributed by atoms with Crippen LogP contribution in [0.4, 0.5) is 0 Å². The summed E-state index contributed by atoms with van der Waals surface area (Å²) in [7, 11) is 0. The lowest BCUT2D eigenvalue weighted by Gasteiger charge is -2.04. The van der Waals surface area contributed by atoms with Crippen molar-refractivity contribution in [3.8, 4) is 0 Å². The molecule has 0 aliphatic rings. The average Bonchev–Trinajstić information content (AvgIpc) is 2.36. The van der Waals surface area contributed by atoms with Crippen molar-refractivity contribution in [3.05, 3.63) is 30.3 Å². The lowest BCUT2D eigenvalue weighted by molar-refractivity contribution is -0.144. The predicted octanol–water partition coefficient (Wildman–Crippen LogP) is 2.75. The van der Waals surface area contributed by atoms with Crippen molar-refractivity contribution in [1.82, 2.24) is 0 Å². The molecule has 4 heteroatoms. The number of carbonyl (C=O) groups is 1. The Labute approximate surface area is 106 Å². The van der Waals surface area contributed by atoms with Gasteiger partial charge in [-0.25, -0.2) is 0 Å². The molecule has 0 amide bonds. The lowest BCUT2D eigenvalue weighted by atomic mass is 10.4. The van der Waals surface area contributed by atoms with E-state index >= 15 is 0 Å². The van der Waals surface area contributed by atoms with Crippen LogP contribution in [-0.2, 0) is 14.3 Å². The van der Waals surface area contributed by atoms with Crippen molar-refractivity contribution < 1.29 is 14.3 Å². The Bertz CT molecular complexity index is 314. The number of esters is 1. The summed E-state index contributed by atoms with van der Waals surface area (Å²) in [5.74, 6) is 0.588. The highest BCUT2D eigenvalue weighted by Gasteiger charge is 2.02. The van der Waals surface area contributed by atoms with E-state index in [1.165, 1.54) is 4.90 Å². The fourth-order valence-electron chi connectivity index (χ4n) is 1.20. The van der Waals surface area contributed by atoms with Gasteiger partial charge in [0.2, 0.25) is 0 Å². The molecular weight excluding hydrogens is 236 g/mol. The molecule has 94 valence electrons. The maximum atomic E-state index is 11.3. The van der Waals surface area contributed by atoms with Gasteiger partial charge in [0.25, 0.3) is 0 Å². The number of hydrogen-bond donors (Lipinski definition) is 0. The fourth-order valence-corrected chi connectivity index (χ4v) is 2.05. The third-order valence-electron chi connectivity index (χ3n) is 2.01. The second-order valence-electron chi connectivity index (χ2n) is 3.33. The monoisotopic (exact) mass is 254 g/mol. The molecule has 0 heterocycles. The Hall–Kier alpha value is -1.00. The van der Waals surface area contributed by atoms with Gasteiger partial charge in [0.15, 0.2) is 0 Å². The molecule has 0 bridgehead atoms. The van der Waals surface area contributed by atoms with E-state index in [1.807, 2.05) is 37.3 Å². The second kappa shape index (κ2) is 9.07. The molecule has 1 aromatic carbocycles. The highest BCUT2D eigenvalue weighted by molar-refractivity contribution is 7.99. The van der Waals surface area contributed by atoms with Crippen LogP contribution in [0.5, 0.6) is 0 Å². The molecule has 0 saturated carbocycles. The van der Waals surface area contributed by atoms with E-state index < -0.39 is 0 Å². The standard InChI is InChI=1S/C13H18O3S/c1-2-15-9-10-16-13(14)8-11-17-12-6-4-3-5-7-12/h3-7H,2,8-11H2,1H3. The molecule has 0 fully saturated rings. The van der Waals surface area contributed by atoms with Crippen molar-refractivity contribution >= 4 is 17.7 Å². The number of benzene rings is 1. The van der Waals surface area contributed by atoms with Gasteiger partial charge >= 0.3 is 5.97 Å². The summed E-state index contributed by atoms with van der Waals surface area (Å²) in [6, 6.07) is 10.0. The van der Waals surface area contributed by atoms with Gasteiger partial charge in [-0.1, -0.05) is 18.2 Å². The number of carbonyl (C=O) groups excluding carboxylic acids is 1. The SMILES string of the molecule is CCOCCOC(=O)CCSc1ccccc1. The van der Waals surface area contributed by atoms with E-state index in [9.17, 15) is 4.79 Å². The molecule has 0 aliphatic carbocycles. The Kier molecular flexibility index (Phi) is 7.51. The quantitative estimate of drug-likeness (QED) is 0.406. The van der Waals surface area contributed by atoms with Crippen molar-refractivity contribution in [1.29, 1.82) is 0 Å². The van der Waals surface area contributed by atoms with Gasteiger partial charge in [0.05, 0.1) is 13.0 Å². The summed E-state index contributed by atoms with van der Waals surface area (Å²) < 4.78 is 10.1. The second-order valence-corrected chi connectivity index (χ2v) is 4.50. The molecule has 1 aromatic rings. The number of ether oxygens (including phenoxy) is 2. The molecule has 17 heavy (non-hydrogen) atoms. The maximum Gasteiger partial charge on any atom is 0.306 e. The molecule has 0 N–H and O–H groups in total. The topological polar surface area (TPSA) is 35.5 Å². The van der Waals surface area contributed by atoms with Crippen LogP contribution in [0.25, 0.3) is 0 Å². The molecule has 1 rings (SSSR count). The van der Waals surface area contributed by atoms with Crippen LogP contribution in [0.2, 0.25) is 0 Å². The number of thioether (sulfide) groups is 1. The smallest absolute Gasteiger partial charge is 0.306 e. The summed E-state index contributed by atoms with van der Waals surface area (Å²) in [6.45, 7) is 3.40. The summed E-state index contributed by atoms with van der Waals surface area (Å²) in [4.78, 5) is 12.5. The average molecular weight is 254 g/mol. The molecule has 0 aliphatic heterocycles. The van der Waals surface area contributed by atoms with Gasteiger partial charge < -0.3 is 9.47 Å². The van der Waals surface area contributed by atoms with Crippen molar-refractivity contribution in [2.45, 2.75) is 18.2 Å². The van der Waals surface area contributed by atoms with Crippen LogP contribution in [0.15, 0.2) is 35.2 Å². The summed E-state index contributed by atoms with van der Waals surface area (Å²) in [5.41, 5.74) is 0. The zero-order chi connectivity index (χ0) is 12.3. The molecule has 0 unspecified atom stereocenters. The van der Waals surface area contributed by atoms with E-state index in [-0.39, 0.29) is 5.97 Å². The van der Waals surface area contributed by atoms with Crippen LogP contribution >= 0.6 is 11.8 Å². The highest BCUT2D eigenvalue weighted by atomic mass is 32.2. The Morgan fingerprint density at radius 3 is 2.71 bits per heavy atom. The summed E-state index contributed by atoms with van der Waals surface area (Å²) >= 11 is 1.66. The molecule has 0 spiro atoms. The molecule has 0 atom stereocenters. The Morgan fingerprint density at radius 2 is 2.00 bits per heavy atom. The first-order chi connectivity index (χ1) is 8.33. The summed E-state index contributed by atoms with van der Waals surface area (Å²) in [6.07, 6.45) is 0.436. The Balaban J connectivity index is 2.04. The molecule has 0 saturated heterocycles. The van der Waals surface area contributed by atoms with Gasteiger partial charge in [-0.3, -0.25) is 4.79 Å². The number of rotatable bonds is 8. The first-order valence-electron chi connectivity index (χ1n) is 5.74. The summed E-state index contributed by atoms with van der Waals surface area (Å²) in [5, 5.41) is 0. The van der Waals surface area contributed by atoms with E-state index in [2.05, 4.69) is 0 Å².